The third-order valence-electron chi connectivity index (χ3n) is 5.17. The number of imide groups is 1. The second kappa shape index (κ2) is 5.37. The second-order valence-electron chi connectivity index (χ2n) is 7.26. The molecule has 2 aliphatic rings. The van der Waals surface area contributed by atoms with Crippen LogP contribution in [0, 0.1) is 12.8 Å². The van der Waals surface area contributed by atoms with Gasteiger partial charge in [-0.3, -0.25) is 9.69 Å². The summed E-state index contributed by atoms with van der Waals surface area (Å²) < 4.78 is 5.54. The van der Waals surface area contributed by atoms with Gasteiger partial charge >= 0.3 is 6.03 Å². The SMILES string of the molecule is Cc1ccc(C2(C)NC(=O)N(CC3(O)CCC(C)CC3)C2=O)o1. The summed E-state index contributed by atoms with van der Waals surface area (Å²) in [6, 6.07) is 2.99. The Hall–Kier alpha value is -1.82. The monoisotopic (exact) mass is 320 g/mol. The number of urea groups is 1. The van der Waals surface area contributed by atoms with E-state index in [0.29, 0.717) is 30.3 Å². The highest BCUT2D eigenvalue weighted by molar-refractivity contribution is 6.07. The fraction of sp³-hybridized carbons (Fsp3) is 0.647. The minimum absolute atomic E-state index is 0.0413. The van der Waals surface area contributed by atoms with E-state index in [1.165, 1.54) is 0 Å². The molecule has 1 aliphatic heterocycles. The number of aliphatic hydroxyl groups is 1. The molecule has 126 valence electrons. The quantitative estimate of drug-likeness (QED) is 0.837. The average molecular weight is 320 g/mol. The lowest BCUT2D eigenvalue weighted by molar-refractivity contribution is -0.135. The third-order valence-corrected chi connectivity index (χ3v) is 5.17. The Labute approximate surface area is 135 Å². The molecule has 1 aromatic rings. The second-order valence-corrected chi connectivity index (χ2v) is 7.26. The molecular formula is C17H24N2O4. The Morgan fingerprint density at radius 2 is 2.00 bits per heavy atom. The van der Waals surface area contributed by atoms with Gasteiger partial charge in [0.05, 0.1) is 12.1 Å². The van der Waals surface area contributed by atoms with Crippen molar-refractivity contribution in [2.45, 2.75) is 57.6 Å². The smallest absolute Gasteiger partial charge is 0.325 e. The van der Waals surface area contributed by atoms with Gasteiger partial charge < -0.3 is 14.8 Å². The summed E-state index contributed by atoms with van der Waals surface area (Å²) >= 11 is 0. The number of nitrogens with zero attached hydrogens (tertiary/aromatic N) is 1. The van der Waals surface area contributed by atoms with Crippen LogP contribution in [0.5, 0.6) is 0 Å². The Bertz CT molecular complexity index is 630. The summed E-state index contributed by atoms with van der Waals surface area (Å²) in [5.41, 5.74) is -2.19. The van der Waals surface area contributed by atoms with Crippen LogP contribution in [-0.4, -0.2) is 34.1 Å². The molecule has 1 saturated heterocycles. The highest BCUT2D eigenvalue weighted by atomic mass is 16.3. The van der Waals surface area contributed by atoms with Crippen molar-refractivity contribution in [1.29, 1.82) is 0 Å². The largest absolute Gasteiger partial charge is 0.463 e. The van der Waals surface area contributed by atoms with Crippen LogP contribution in [0.3, 0.4) is 0 Å². The number of amides is 3. The van der Waals surface area contributed by atoms with Gasteiger partial charge in [0.25, 0.3) is 5.91 Å². The van der Waals surface area contributed by atoms with Crippen LogP contribution in [0.1, 0.15) is 51.1 Å². The van der Waals surface area contributed by atoms with Crippen molar-refractivity contribution in [3.05, 3.63) is 23.7 Å². The molecule has 23 heavy (non-hydrogen) atoms. The predicted molar refractivity (Wildman–Crippen MR) is 83.6 cm³/mol. The number of hydrogen-bond donors (Lipinski definition) is 2. The Balaban J connectivity index is 1.79. The van der Waals surface area contributed by atoms with Gasteiger partial charge in [0.15, 0.2) is 5.54 Å². The van der Waals surface area contributed by atoms with Crippen molar-refractivity contribution < 1.29 is 19.1 Å². The van der Waals surface area contributed by atoms with Gasteiger partial charge in [-0.05, 0) is 57.6 Å². The van der Waals surface area contributed by atoms with Crippen LogP contribution in [0.15, 0.2) is 16.5 Å². The molecule has 0 radical (unpaired) electrons. The maximum Gasteiger partial charge on any atom is 0.325 e. The van der Waals surface area contributed by atoms with Gasteiger partial charge in [-0.25, -0.2) is 4.79 Å². The van der Waals surface area contributed by atoms with Crippen molar-refractivity contribution in [3.63, 3.8) is 0 Å². The summed E-state index contributed by atoms with van der Waals surface area (Å²) in [5, 5.41) is 13.4. The third kappa shape index (κ3) is 2.76. The van der Waals surface area contributed by atoms with Crippen molar-refractivity contribution in [1.82, 2.24) is 10.2 Å². The molecule has 6 nitrogen and oxygen atoms in total. The van der Waals surface area contributed by atoms with Gasteiger partial charge in [-0.1, -0.05) is 6.92 Å². The number of carbonyl (C=O) groups excluding carboxylic acids is 2. The fourth-order valence-electron chi connectivity index (χ4n) is 3.46. The number of furan rings is 1. The van der Waals surface area contributed by atoms with Gasteiger partial charge in [-0.15, -0.1) is 0 Å². The highest BCUT2D eigenvalue weighted by Gasteiger charge is 2.53. The molecule has 2 heterocycles. The lowest BCUT2D eigenvalue weighted by atomic mass is 9.79. The van der Waals surface area contributed by atoms with Crippen molar-refractivity contribution >= 4 is 11.9 Å². The fourth-order valence-corrected chi connectivity index (χ4v) is 3.46. The van der Waals surface area contributed by atoms with Crippen molar-refractivity contribution in [3.8, 4) is 0 Å². The molecule has 3 rings (SSSR count). The molecule has 2 N–H and O–H groups in total. The molecule has 0 bridgehead atoms. The molecule has 1 aromatic heterocycles. The molecule has 1 unspecified atom stereocenters. The van der Waals surface area contributed by atoms with E-state index in [1.54, 1.807) is 26.0 Å². The number of β-amino-alcohol motifs (C(OH)–C–C–N with tert-alkyl or cyclic N) is 1. The molecule has 1 atom stereocenters. The average Bonchev–Trinajstić information content (AvgIpc) is 3.02. The van der Waals surface area contributed by atoms with Gasteiger partial charge in [0, 0.05) is 0 Å². The number of carbonyl (C=O) groups is 2. The summed E-state index contributed by atoms with van der Waals surface area (Å²) in [6.07, 6.45) is 3.05. The van der Waals surface area contributed by atoms with Gasteiger partial charge in [0.1, 0.15) is 11.5 Å². The summed E-state index contributed by atoms with van der Waals surface area (Å²) in [7, 11) is 0. The zero-order valence-corrected chi connectivity index (χ0v) is 13.9. The van der Waals surface area contributed by atoms with E-state index in [1.807, 2.05) is 0 Å². The van der Waals surface area contributed by atoms with Crippen molar-refractivity contribution in [2.75, 3.05) is 6.54 Å². The molecule has 6 heteroatoms. The van der Waals surface area contributed by atoms with Crippen LogP contribution < -0.4 is 5.32 Å². The predicted octanol–water partition coefficient (Wildman–Crippen LogP) is 2.30. The number of hydrogen-bond acceptors (Lipinski definition) is 4. The molecule has 2 fully saturated rings. The zero-order chi connectivity index (χ0) is 16.8. The normalized spacial score (nSPS) is 34.8. The summed E-state index contributed by atoms with van der Waals surface area (Å²) in [5.74, 6) is 1.31. The zero-order valence-electron chi connectivity index (χ0n) is 13.9. The maximum absolute atomic E-state index is 12.8. The van der Waals surface area contributed by atoms with Crippen LogP contribution >= 0.6 is 0 Å². The first kappa shape index (κ1) is 16.1. The van der Waals surface area contributed by atoms with Gasteiger partial charge in [0.2, 0.25) is 0 Å². The minimum atomic E-state index is -1.20. The molecule has 1 saturated carbocycles. The Morgan fingerprint density at radius 1 is 1.35 bits per heavy atom. The lowest BCUT2D eigenvalue weighted by Gasteiger charge is -2.36. The van der Waals surface area contributed by atoms with Crippen LogP contribution in [-0.2, 0) is 10.3 Å². The van der Waals surface area contributed by atoms with E-state index >= 15 is 0 Å². The number of nitrogens with one attached hydrogen (secondary N) is 1. The molecule has 0 aromatic carbocycles. The lowest BCUT2D eigenvalue weighted by Crippen LogP contribution is -2.48. The van der Waals surface area contributed by atoms with Crippen molar-refractivity contribution in [2.24, 2.45) is 5.92 Å². The van der Waals surface area contributed by atoms with Crippen LogP contribution in [0.4, 0.5) is 4.79 Å². The molecule has 3 amide bonds. The summed E-state index contributed by atoms with van der Waals surface area (Å²) in [6.45, 7) is 5.62. The molecular weight excluding hydrogens is 296 g/mol. The van der Waals surface area contributed by atoms with E-state index in [2.05, 4.69) is 12.2 Å². The first-order chi connectivity index (χ1) is 10.7. The van der Waals surface area contributed by atoms with E-state index < -0.39 is 17.2 Å². The van der Waals surface area contributed by atoms with E-state index in [9.17, 15) is 14.7 Å². The van der Waals surface area contributed by atoms with E-state index in [0.717, 1.165) is 17.7 Å². The first-order valence-corrected chi connectivity index (χ1v) is 8.17. The van der Waals surface area contributed by atoms with Crippen LogP contribution in [0.2, 0.25) is 0 Å². The van der Waals surface area contributed by atoms with E-state index in [4.69, 9.17) is 4.42 Å². The standard InChI is InChI=1S/C17H24N2O4/c1-11-6-8-17(22,9-7-11)10-19-14(20)16(3,18-15(19)21)13-5-4-12(2)23-13/h4-5,11,22H,6-10H2,1-3H3,(H,18,21). The summed E-state index contributed by atoms with van der Waals surface area (Å²) in [4.78, 5) is 26.2. The number of aryl methyl sites for hydroxylation is 1. The number of rotatable bonds is 3. The maximum atomic E-state index is 12.8. The van der Waals surface area contributed by atoms with Gasteiger partial charge in [-0.2, -0.15) is 0 Å². The van der Waals surface area contributed by atoms with E-state index in [-0.39, 0.29) is 12.5 Å². The topological polar surface area (TPSA) is 82.8 Å². The molecule has 1 aliphatic carbocycles. The molecule has 0 spiro atoms. The Morgan fingerprint density at radius 3 is 2.57 bits per heavy atom. The highest BCUT2D eigenvalue weighted by Crippen LogP contribution is 2.35. The Kier molecular flexibility index (Phi) is 3.75. The van der Waals surface area contributed by atoms with Crippen LogP contribution in [0.25, 0.3) is 0 Å². The first-order valence-electron chi connectivity index (χ1n) is 8.17. The minimum Gasteiger partial charge on any atom is -0.463 e.